The van der Waals surface area contributed by atoms with Crippen molar-refractivity contribution in [3.05, 3.63) is 47.9 Å². The van der Waals surface area contributed by atoms with Crippen molar-refractivity contribution >= 4 is 32.5 Å². The molecule has 2 aromatic heterocycles. The second kappa shape index (κ2) is 5.56. The molecule has 0 unspecified atom stereocenters. The van der Waals surface area contributed by atoms with Crippen molar-refractivity contribution < 1.29 is 17.6 Å². The van der Waals surface area contributed by atoms with Crippen LogP contribution in [0.5, 0.6) is 0 Å². The number of H-pyrrole nitrogens is 1. The van der Waals surface area contributed by atoms with E-state index in [-0.39, 0.29) is 10.9 Å². The number of hydrogen-bond acceptors (Lipinski definition) is 4. The van der Waals surface area contributed by atoms with Gasteiger partial charge in [-0.25, -0.2) is 13.1 Å². The molecule has 8 heteroatoms. The Morgan fingerprint density at radius 2 is 2.00 bits per heavy atom. The van der Waals surface area contributed by atoms with Gasteiger partial charge in [0.1, 0.15) is 0 Å². The minimum absolute atomic E-state index is 0.0842. The third-order valence-corrected chi connectivity index (χ3v) is 4.66. The van der Waals surface area contributed by atoms with E-state index < -0.39 is 15.9 Å². The van der Waals surface area contributed by atoms with Crippen LogP contribution in [0.25, 0.3) is 10.9 Å². The second-order valence-electron chi connectivity index (χ2n) is 5.00. The summed E-state index contributed by atoms with van der Waals surface area (Å²) in [6, 6.07) is 10.0. The first-order valence-electron chi connectivity index (χ1n) is 6.84. The number of para-hydroxylation sites is 1. The molecule has 1 amide bonds. The van der Waals surface area contributed by atoms with E-state index in [1.54, 1.807) is 6.07 Å². The summed E-state index contributed by atoms with van der Waals surface area (Å²) in [5, 5.41) is 3.38. The number of furan rings is 1. The predicted molar refractivity (Wildman–Crippen MR) is 85.9 cm³/mol. The highest BCUT2D eigenvalue weighted by molar-refractivity contribution is 7.89. The van der Waals surface area contributed by atoms with E-state index in [4.69, 9.17) is 4.42 Å². The SMILES string of the molecule is CNS(=O)(=O)c1ccc(C(=O)Nc2cccc3cc(C)[nH]c23)o1. The van der Waals surface area contributed by atoms with E-state index in [9.17, 15) is 13.2 Å². The van der Waals surface area contributed by atoms with Gasteiger partial charge >= 0.3 is 0 Å². The van der Waals surface area contributed by atoms with Crippen LogP contribution >= 0.6 is 0 Å². The van der Waals surface area contributed by atoms with Crippen molar-refractivity contribution in [3.63, 3.8) is 0 Å². The molecule has 0 fully saturated rings. The fourth-order valence-corrected chi connectivity index (χ4v) is 2.92. The summed E-state index contributed by atoms with van der Waals surface area (Å²) in [5.74, 6) is -0.610. The Balaban J connectivity index is 1.89. The summed E-state index contributed by atoms with van der Waals surface area (Å²) in [7, 11) is -2.45. The standard InChI is InChI=1S/C15H15N3O4S/c1-9-8-10-4-3-5-11(14(10)17-9)18-15(19)12-6-7-13(22-12)23(20,21)16-2/h3-8,16-17H,1-2H3,(H,18,19). The lowest BCUT2D eigenvalue weighted by Gasteiger charge is -2.05. The lowest BCUT2D eigenvalue weighted by molar-refractivity contribution is 0.0991. The summed E-state index contributed by atoms with van der Waals surface area (Å²) in [6.45, 7) is 1.92. The van der Waals surface area contributed by atoms with Crippen LogP contribution in [0.3, 0.4) is 0 Å². The molecule has 3 N–H and O–H groups in total. The monoisotopic (exact) mass is 333 g/mol. The largest absolute Gasteiger partial charge is 0.438 e. The van der Waals surface area contributed by atoms with Crippen molar-refractivity contribution in [2.24, 2.45) is 0 Å². The van der Waals surface area contributed by atoms with Gasteiger partial charge in [-0.3, -0.25) is 4.79 Å². The predicted octanol–water partition coefficient (Wildman–Crippen LogP) is 2.23. The molecule has 3 rings (SSSR count). The third-order valence-electron chi connectivity index (χ3n) is 3.38. The Bertz CT molecular complexity index is 985. The summed E-state index contributed by atoms with van der Waals surface area (Å²) in [4.78, 5) is 15.4. The number of carbonyl (C=O) groups is 1. The van der Waals surface area contributed by atoms with Gasteiger partial charge in [-0.05, 0) is 38.2 Å². The normalized spacial score (nSPS) is 11.7. The quantitative estimate of drug-likeness (QED) is 0.681. The zero-order chi connectivity index (χ0) is 16.6. The fourth-order valence-electron chi connectivity index (χ4n) is 2.27. The molecule has 0 saturated carbocycles. The lowest BCUT2D eigenvalue weighted by Crippen LogP contribution is -2.18. The Hall–Kier alpha value is -2.58. The van der Waals surface area contributed by atoms with Crippen LogP contribution in [0, 0.1) is 6.92 Å². The van der Waals surface area contributed by atoms with Crippen LogP contribution in [0.2, 0.25) is 0 Å². The second-order valence-corrected chi connectivity index (χ2v) is 6.82. The van der Waals surface area contributed by atoms with Crippen LogP contribution in [0.15, 0.2) is 45.9 Å². The highest BCUT2D eigenvalue weighted by Crippen LogP contribution is 2.24. The molecule has 0 atom stereocenters. The number of carbonyl (C=O) groups excluding carboxylic acids is 1. The maximum atomic E-state index is 12.3. The maximum Gasteiger partial charge on any atom is 0.291 e. The first kappa shape index (κ1) is 15.3. The molecule has 2 heterocycles. The van der Waals surface area contributed by atoms with E-state index in [2.05, 4.69) is 15.0 Å². The van der Waals surface area contributed by atoms with Gasteiger partial charge in [-0.2, -0.15) is 0 Å². The molecule has 3 aromatic rings. The van der Waals surface area contributed by atoms with E-state index >= 15 is 0 Å². The van der Waals surface area contributed by atoms with Gasteiger partial charge in [-0.15, -0.1) is 0 Å². The number of hydrogen-bond donors (Lipinski definition) is 3. The number of nitrogens with one attached hydrogen (secondary N) is 3. The third kappa shape index (κ3) is 2.86. The van der Waals surface area contributed by atoms with Crippen LogP contribution in [0.1, 0.15) is 16.2 Å². The zero-order valence-corrected chi connectivity index (χ0v) is 13.3. The summed E-state index contributed by atoms with van der Waals surface area (Å²) in [5.41, 5.74) is 2.37. The number of benzene rings is 1. The topological polar surface area (TPSA) is 104 Å². The van der Waals surface area contributed by atoms with Crippen molar-refractivity contribution in [3.8, 4) is 0 Å². The number of aromatic nitrogens is 1. The van der Waals surface area contributed by atoms with Gasteiger partial charge in [0.2, 0.25) is 5.09 Å². The molecule has 0 bridgehead atoms. The molecule has 0 aliphatic heterocycles. The first-order valence-corrected chi connectivity index (χ1v) is 8.32. The zero-order valence-electron chi connectivity index (χ0n) is 12.5. The van der Waals surface area contributed by atoms with Gasteiger partial charge < -0.3 is 14.7 Å². The Kier molecular flexibility index (Phi) is 3.70. The van der Waals surface area contributed by atoms with Crippen LogP contribution < -0.4 is 10.0 Å². The van der Waals surface area contributed by atoms with Crippen molar-refractivity contribution in [2.75, 3.05) is 12.4 Å². The summed E-state index contributed by atoms with van der Waals surface area (Å²) >= 11 is 0. The van der Waals surface area contributed by atoms with Gasteiger partial charge in [0.15, 0.2) is 5.76 Å². The van der Waals surface area contributed by atoms with E-state index in [1.165, 1.54) is 19.2 Å². The van der Waals surface area contributed by atoms with Gasteiger partial charge in [0.25, 0.3) is 15.9 Å². The highest BCUT2D eigenvalue weighted by Gasteiger charge is 2.20. The number of sulfonamides is 1. The molecule has 7 nitrogen and oxygen atoms in total. The average Bonchev–Trinajstić information content (AvgIpc) is 3.13. The number of rotatable bonds is 4. The van der Waals surface area contributed by atoms with Crippen molar-refractivity contribution in [1.29, 1.82) is 0 Å². The van der Waals surface area contributed by atoms with Crippen LogP contribution in [-0.2, 0) is 10.0 Å². The number of anilines is 1. The average molecular weight is 333 g/mol. The molecule has 0 aliphatic carbocycles. The van der Waals surface area contributed by atoms with Crippen LogP contribution in [-0.4, -0.2) is 26.4 Å². The smallest absolute Gasteiger partial charge is 0.291 e. The van der Waals surface area contributed by atoms with E-state index in [0.717, 1.165) is 16.6 Å². The fraction of sp³-hybridized carbons (Fsp3) is 0.133. The Morgan fingerprint density at radius 1 is 1.22 bits per heavy atom. The summed E-state index contributed by atoms with van der Waals surface area (Å²) in [6.07, 6.45) is 0. The Labute approximate surface area is 132 Å². The van der Waals surface area contributed by atoms with Crippen molar-refractivity contribution in [1.82, 2.24) is 9.71 Å². The molecule has 1 aromatic carbocycles. The van der Waals surface area contributed by atoms with E-state index in [0.29, 0.717) is 5.69 Å². The molecule has 0 aliphatic rings. The van der Waals surface area contributed by atoms with Gasteiger partial charge in [0, 0.05) is 11.1 Å². The Morgan fingerprint density at radius 3 is 2.74 bits per heavy atom. The molecular weight excluding hydrogens is 318 g/mol. The van der Waals surface area contributed by atoms with Crippen molar-refractivity contribution in [2.45, 2.75) is 12.0 Å². The van der Waals surface area contributed by atoms with Crippen LogP contribution in [0.4, 0.5) is 5.69 Å². The lowest BCUT2D eigenvalue weighted by atomic mass is 10.2. The first-order chi connectivity index (χ1) is 10.9. The minimum atomic E-state index is -3.72. The molecule has 23 heavy (non-hydrogen) atoms. The van der Waals surface area contributed by atoms with E-state index in [1.807, 2.05) is 25.1 Å². The number of aromatic amines is 1. The number of amides is 1. The maximum absolute atomic E-state index is 12.3. The molecular formula is C15H15N3O4S. The highest BCUT2D eigenvalue weighted by atomic mass is 32.2. The minimum Gasteiger partial charge on any atom is -0.438 e. The molecule has 0 radical (unpaired) electrons. The van der Waals surface area contributed by atoms with Gasteiger partial charge in [0.05, 0.1) is 11.2 Å². The van der Waals surface area contributed by atoms with Gasteiger partial charge in [-0.1, -0.05) is 12.1 Å². The number of fused-ring (bicyclic) bond motifs is 1. The molecule has 0 spiro atoms. The molecule has 0 saturated heterocycles. The molecule has 120 valence electrons. The number of aryl methyl sites for hydroxylation is 1. The summed E-state index contributed by atoms with van der Waals surface area (Å²) < 4.78 is 30.5.